The molecule has 7 nitrogen and oxygen atoms in total. The Hall–Kier alpha value is -2.78. The standard InChI is InChI=1S/C26H31N3O4S/c1-20-10-11-23(34(31,32)27-12-17-33-2)18-25(20)26(30)29-15-13-28(14-16-29)19-22-8-5-7-21-6-3-4-9-24(21)22/h3-11,18,27H,12-17,19H2,1-2H3. The number of carbonyl (C=O) groups excluding carboxylic acids is 1. The van der Waals surface area contributed by atoms with Gasteiger partial charge < -0.3 is 9.64 Å². The van der Waals surface area contributed by atoms with Crippen LogP contribution in [-0.2, 0) is 21.3 Å². The van der Waals surface area contributed by atoms with Crippen molar-refractivity contribution in [3.8, 4) is 0 Å². The zero-order valence-electron chi connectivity index (χ0n) is 19.7. The van der Waals surface area contributed by atoms with Crippen molar-refractivity contribution in [1.82, 2.24) is 14.5 Å². The van der Waals surface area contributed by atoms with Crippen molar-refractivity contribution in [2.24, 2.45) is 0 Å². The van der Waals surface area contributed by atoms with E-state index in [1.165, 1.54) is 35.6 Å². The fraction of sp³-hybridized carbons (Fsp3) is 0.346. The van der Waals surface area contributed by atoms with Crippen LogP contribution in [0.1, 0.15) is 21.5 Å². The Morgan fingerprint density at radius 3 is 2.50 bits per heavy atom. The number of hydrogen-bond acceptors (Lipinski definition) is 5. The Labute approximate surface area is 201 Å². The van der Waals surface area contributed by atoms with Gasteiger partial charge in [-0.3, -0.25) is 9.69 Å². The van der Waals surface area contributed by atoms with Gasteiger partial charge in [0.05, 0.1) is 11.5 Å². The average Bonchev–Trinajstić information content (AvgIpc) is 2.84. The summed E-state index contributed by atoms with van der Waals surface area (Å²) < 4.78 is 32.6. The highest BCUT2D eigenvalue weighted by Crippen LogP contribution is 2.22. The number of rotatable bonds is 8. The molecule has 1 aliphatic rings. The van der Waals surface area contributed by atoms with E-state index in [0.717, 1.165) is 25.2 Å². The number of hydrogen-bond donors (Lipinski definition) is 1. The van der Waals surface area contributed by atoms with Crippen LogP contribution in [-0.4, -0.2) is 70.6 Å². The van der Waals surface area contributed by atoms with E-state index in [1.807, 2.05) is 11.8 Å². The molecule has 1 amide bonds. The number of carbonyl (C=O) groups is 1. The fourth-order valence-electron chi connectivity index (χ4n) is 4.31. The normalized spacial score (nSPS) is 15.1. The molecule has 1 aliphatic heterocycles. The summed E-state index contributed by atoms with van der Waals surface area (Å²) in [7, 11) is -2.19. The molecule has 1 N–H and O–H groups in total. The zero-order chi connectivity index (χ0) is 24.1. The van der Waals surface area contributed by atoms with Gasteiger partial charge in [0.2, 0.25) is 10.0 Å². The van der Waals surface area contributed by atoms with E-state index >= 15 is 0 Å². The van der Waals surface area contributed by atoms with Gasteiger partial charge in [-0.25, -0.2) is 13.1 Å². The van der Waals surface area contributed by atoms with Gasteiger partial charge in [-0.2, -0.15) is 0 Å². The predicted molar refractivity (Wildman–Crippen MR) is 133 cm³/mol. The monoisotopic (exact) mass is 481 g/mol. The van der Waals surface area contributed by atoms with Gasteiger partial charge in [0.1, 0.15) is 0 Å². The summed E-state index contributed by atoms with van der Waals surface area (Å²) in [6.07, 6.45) is 0. The van der Waals surface area contributed by atoms with E-state index in [0.29, 0.717) is 18.7 Å². The lowest BCUT2D eigenvalue weighted by Crippen LogP contribution is -2.48. The molecule has 34 heavy (non-hydrogen) atoms. The van der Waals surface area contributed by atoms with Gasteiger partial charge in [-0.15, -0.1) is 0 Å². The van der Waals surface area contributed by atoms with E-state index in [-0.39, 0.29) is 24.0 Å². The molecule has 0 unspecified atom stereocenters. The number of piperazine rings is 1. The van der Waals surface area contributed by atoms with Crippen molar-refractivity contribution in [2.45, 2.75) is 18.4 Å². The van der Waals surface area contributed by atoms with Crippen LogP contribution >= 0.6 is 0 Å². The summed E-state index contributed by atoms with van der Waals surface area (Å²) in [6, 6.07) is 19.5. The highest BCUT2D eigenvalue weighted by molar-refractivity contribution is 7.89. The summed E-state index contributed by atoms with van der Waals surface area (Å²) in [4.78, 5) is 17.5. The molecule has 180 valence electrons. The van der Waals surface area contributed by atoms with Crippen LogP contribution in [0.25, 0.3) is 10.8 Å². The third-order valence-corrected chi connectivity index (χ3v) is 7.74. The molecule has 4 rings (SSSR count). The van der Waals surface area contributed by atoms with E-state index in [4.69, 9.17) is 4.74 Å². The van der Waals surface area contributed by atoms with Crippen molar-refractivity contribution >= 4 is 26.7 Å². The number of nitrogens with zero attached hydrogens (tertiary/aromatic N) is 2. The Morgan fingerprint density at radius 2 is 1.74 bits per heavy atom. The van der Waals surface area contributed by atoms with Crippen LogP contribution in [0, 0.1) is 6.92 Å². The van der Waals surface area contributed by atoms with Crippen LogP contribution in [0.15, 0.2) is 65.6 Å². The molecule has 0 aliphatic carbocycles. The molecular weight excluding hydrogens is 450 g/mol. The van der Waals surface area contributed by atoms with Crippen molar-refractivity contribution in [2.75, 3.05) is 46.4 Å². The van der Waals surface area contributed by atoms with Crippen LogP contribution < -0.4 is 4.72 Å². The van der Waals surface area contributed by atoms with E-state index in [2.05, 4.69) is 52.1 Å². The molecule has 3 aromatic rings. The molecule has 0 saturated carbocycles. The molecule has 0 aromatic heterocycles. The van der Waals surface area contributed by atoms with E-state index in [1.54, 1.807) is 6.07 Å². The smallest absolute Gasteiger partial charge is 0.254 e. The quantitative estimate of drug-likeness (QED) is 0.501. The zero-order valence-corrected chi connectivity index (χ0v) is 20.5. The van der Waals surface area contributed by atoms with E-state index in [9.17, 15) is 13.2 Å². The maximum atomic E-state index is 13.3. The molecule has 0 spiro atoms. The Balaban J connectivity index is 1.42. The van der Waals surface area contributed by atoms with E-state index < -0.39 is 10.0 Å². The lowest BCUT2D eigenvalue weighted by atomic mass is 10.0. The van der Waals surface area contributed by atoms with Gasteiger partial charge >= 0.3 is 0 Å². The molecule has 1 saturated heterocycles. The van der Waals surface area contributed by atoms with Crippen LogP contribution in [0.3, 0.4) is 0 Å². The fourth-order valence-corrected chi connectivity index (χ4v) is 5.35. The maximum Gasteiger partial charge on any atom is 0.254 e. The molecule has 8 heteroatoms. The second-order valence-electron chi connectivity index (χ2n) is 8.57. The minimum atomic E-state index is -3.71. The maximum absolute atomic E-state index is 13.3. The van der Waals surface area contributed by atoms with Crippen molar-refractivity contribution in [3.63, 3.8) is 0 Å². The molecule has 3 aromatic carbocycles. The topological polar surface area (TPSA) is 78.9 Å². The van der Waals surface area contributed by atoms with Gasteiger partial charge in [0, 0.05) is 51.9 Å². The number of sulfonamides is 1. The lowest BCUT2D eigenvalue weighted by molar-refractivity contribution is 0.0628. The van der Waals surface area contributed by atoms with Crippen molar-refractivity contribution in [1.29, 1.82) is 0 Å². The summed E-state index contributed by atoms with van der Waals surface area (Å²) in [5.74, 6) is -0.128. The second-order valence-corrected chi connectivity index (χ2v) is 10.3. The molecular formula is C26H31N3O4S. The summed E-state index contributed by atoms with van der Waals surface area (Å²) in [6.45, 7) is 5.87. The average molecular weight is 482 g/mol. The first kappa shape index (κ1) is 24.3. The third-order valence-electron chi connectivity index (χ3n) is 6.28. The van der Waals surface area contributed by atoms with Crippen LogP contribution in [0.4, 0.5) is 0 Å². The van der Waals surface area contributed by atoms with Gasteiger partial charge in [-0.1, -0.05) is 48.5 Å². The van der Waals surface area contributed by atoms with Gasteiger partial charge in [-0.05, 0) is 41.0 Å². The number of nitrogens with one attached hydrogen (secondary N) is 1. The number of fused-ring (bicyclic) bond motifs is 1. The first-order valence-electron chi connectivity index (χ1n) is 11.5. The number of aryl methyl sites for hydroxylation is 1. The Morgan fingerprint density at radius 1 is 1.00 bits per heavy atom. The number of ether oxygens (including phenoxy) is 1. The number of methoxy groups -OCH3 is 1. The Kier molecular flexibility index (Phi) is 7.63. The largest absolute Gasteiger partial charge is 0.383 e. The molecule has 0 atom stereocenters. The first-order chi connectivity index (χ1) is 16.4. The molecule has 0 bridgehead atoms. The molecule has 1 fully saturated rings. The SMILES string of the molecule is COCCNS(=O)(=O)c1ccc(C)c(C(=O)N2CCN(Cc3cccc4ccccc34)CC2)c1. The van der Waals surface area contributed by atoms with Crippen molar-refractivity contribution in [3.05, 3.63) is 77.4 Å². The second kappa shape index (κ2) is 10.7. The lowest BCUT2D eigenvalue weighted by Gasteiger charge is -2.35. The van der Waals surface area contributed by atoms with Gasteiger partial charge in [0.25, 0.3) is 5.91 Å². The summed E-state index contributed by atoms with van der Waals surface area (Å²) in [5, 5.41) is 2.49. The highest BCUT2D eigenvalue weighted by atomic mass is 32.2. The minimum absolute atomic E-state index is 0.0899. The first-order valence-corrected chi connectivity index (χ1v) is 12.9. The Bertz CT molecular complexity index is 1260. The van der Waals surface area contributed by atoms with Crippen LogP contribution in [0.5, 0.6) is 0 Å². The highest BCUT2D eigenvalue weighted by Gasteiger charge is 2.25. The molecule has 0 radical (unpaired) electrons. The summed E-state index contributed by atoms with van der Waals surface area (Å²) >= 11 is 0. The number of amides is 1. The third kappa shape index (κ3) is 5.47. The van der Waals surface area contributed by atoms with Gasteiger partial charge in [0.15, 0.2) is 0 Å². The summed E-state index contributed by atoms with van der Waals surface area (Å²) in [5.41, 5.74) is 2.48. The van der Waals surface area contributed by atoms with Crippen molar-refractivity contribution < 1.29 is 17.9 Å². The minimum Gasteiger partial charge on any atom is -0.383 e. The predicted octanol–water partition coefficient (Wildman–Crippen LogP) is 3.03. The molecule has 1 heterocycles. The van der Waals surface area contributed by atoms with Crippen LogP contribution in [0.2, 0.25) is 0 Å². The number of benzene rings is 3.